The summed E-state index contributed by atoms with van der Waals surface area (Å²) < 4.78 is 43.0. The second kappa shape index (κ2) is 15.6. The Hall–Kier alpha value is -4.19. The Bertz CT molecular complexity index is 1820. The van der Waals surface area contributed by atoms with E-state index in [0.29, 0.717) is 43.3 Å². The monoisotopic (exact) mass is 668 g/mol. The third kappa shape index (κ3) is 7.07. The van der Waals surface area contributed by atoms with Crippen molar-refractivity contribution in [3.8, 4) is 6.07 Å². The topological polar surface area (TPSA) is 132 Å². The average molecular weight is 669 g/mol. The summed E-state index contributed by atoms with van der Waals surface area (Å²) in [6.07, 6.45) is 5.55. The van der Waals surface area contributed by atoms with E-state index in [9.17, 15) is 18.8 Å². The summed E-state index contributed by atoms with van der Waals surface area (Å²) in [6.45, 7) is 12.3. The van der Waals surface area contributed by atoms with Gasteiger partial charge in [-0.2, -0.15) is 5.26 Å². The maximum atomic E-state index is 15.9. The van der Waals surface area contributed by atoms with Crippen molar-refractivity contribution in [2.45, 2.75) is 49.3 Å². The molecular formula is C33H39F3N8O2S. The molecule has 3 N–H and O–H groups in total. The number of piperazine rings is 1. The number of pyridine rings is 1. The van der Waals surface area contributed by atoms with Gasteiger partial charge in [0.25, 0.3) is 0 Å². The van der Waals surface area contributed by atoms with E-state index in [1.54, 1.807) is 11.9 Å². The zero-order valence-corrected chi connectivity index (χ0v) is 27.5. The summed E-state index contributed by atoms with van der Waals surface area (Å²) >= 11 is 0.824. The lowest BCUT2D eigenvalue weighted by Gasteiger charge is -2.40. The molecule has 250 valence electrons. The van der Waals surface area contributed by atoms with E-state index in [0.717, 1.165) is 31.8 Å². The highest BCUT2D eigenvalue weighted by Crippen LogP contribution is 2.30. The first-order valence-corrected chi connectivity index (χ1v) is 16.0. The van der Waals surface area contributed by atoms with Gasteiger partial charge in [0.05, 0.1) is 21.4 Å². The van der Waals surface area contributed by atoms with Gasteiger partial charge in [-0.05, 0) is 57.7 Å². The molecule has 5 heterocycles. The lowest BCUT2D eigenvalue weighted by molar-refractivity contribution is -0.129. The van der Waals surface area contributed by atoms with Gasteiger partial charge < -0.3 is 20.2 Å². The number of hydrogen-bond donors (Lipinski definition) is 3. The van der Waals surface area contributed by atoms with E-state index in [4.69, 9.17) is 10.5 Å². The van der Waals surface area contributed by atoms with Crippen molar-refractivity contribution in [3.05, 3.63) is 63.6 Å². The molecule has 0 spiro atoms. The number of alkyl halides is 1. The maximum Gasteiger partial charge on any atom is 0.246 e. The van der Waals surface area contributed by atoms with Crippen molar-refractivity contribution in [1.82, 2.24) is 19.7 Å². The molecule has 4 aliphatic rings. The predicted octanol–water partition coefficient (Wildman–Crippen LogP) is 2.73. The first kappa shape index (κ1) is 35.7. The lowest BCUT2D eigenvalue weighted by atomic mass is 10.1. The minimum atomic E-state index is -0.709. The molecule has 3 atom stereocenters. The number of anilines is 1. The molecular weight excluding hydrogens is 629 g/mol. The molecule has 6 rings (SSSR count). The number of aliphatic hydroxyl groups is 1. The predicted molar refractivity (Wildman–Crippen MR) is 178 cm³/mol. The summed E-state index contributed by atoms with van der Waals surface area (Å²) in [4.78, 5) is 26.6. The molecule has 1 amide bonds. The Labute approximate surface area is 275 Å². The number of benzene rings is 1. The second-order valence-electron chi connectivity index (χ2n) is 11.3. The Kier molecular flexibility index (Phi) is 11.8. The number of nitriles is 1. The smallest absolute Gasteiger partial charge is 0.246 e. The maximum absolute atomic E-state index is 15.9. The Balaban J connectivity index is 0.000000383. The molecule has 14 heteroatoms. The number of thioether (sulfide) groups is 1. The number of carbonyl (C=O) groups excluding carboxylic acids is 1. The van der Waals surface area contributed by atoms with Crippen LogP contribution in [0.25, 0.3) is 11.4 Å². The summed E-state index contributed by atoms with van der Waals surface area (Å²) in [5.74, 6) is -1.05. The summed E-state index contributed by atoms with van der Waals surface area (Å²) in [7, 11) is 2.56. The van der Waals surface area contributed by atoms with Crippen LogP contribution in [-0.2, 0) is 4.79 Å². The highest BCUT2D eigenvalue weighted by atomic mass is 32.2. The molecule has 0 saturated carbocycles. The molecule has 0 radical (unpaired) electrons. The number of carbonyl (C=O) groups is 1. The van der Waals surface area contributed by atoms with Crippen LogP contribution < -0.4 is 15.8 Å². The van der Waals surface area contributed by atoms with E-state index in [2.05, 4.69) is 33.5 Å². The first-order valence-electron chi connectivity index (χ1n) is 15.2. The van der Waals surface area contributed by atoms with E-state index < -0.39 is 17.8 Å². The van der Waals surface area contributed by atoms with Gasteiger partial charge in [-0.1, -0.05) is 18.3 Å². The normalized spacial score (nSPS) is 23.0. The quantitative estimate of drug-likeness (QED) is 0.335. The SMILES string of the molecule is C=CC(=O)N1CCN(/C(N=C)=c2\cn/c(=c3/ccc(F)c4c3=C(C#N)C(=N)S4)c(F)c2NC)CC1C.CO.FC1CC2CCCN2C1. The van der Waals surface area contributed by atoms with E-state index >= 15 is 4.39 Å². The standard InChI is InChI=1S/C25H23F2N7OS.C7H12FN.CH4O/c1-5-18(35)34-9-8-33(12-13(34)2)25(31-4)16-11-32-22(20(27)21(16)30-3)14-6-7-17(26)23-19(14)15(10-28)24(29)36-23;8-6-4-7-2-1-3-9(7)5-6;1-2/h5-7,11,13,29-30H,1,4,8-9,12H2,2-3H3;6-7H,1-5H2;2H,1H3/b22-14-,25-16+,29-24?;;. The highest BCUT2D eigenvalue weighted by molar-refractivity contribution is 8.15. The van der Waals surface area contributed by atoms with Gasteiger partial charge >= 0.3 is 0 Å². The van der Waals surface area contributed by atoms with Crippen LogP contribution >= 0.6 is 11.8 Å². The summed E-state index contributed by atoms with van der Waals surface area (Å²) in [6, 6.07) is 4.95. The van der Waals surface area contributed by atoms with Gasteiger partial charge in [0.15, 0.2) is 5.82 Å². The lowest BCUT2D eigenvalue weighted by Crippen LogP contribution is -2.53. The molecule has 3 saturated heterocycles. The zero-order chi connectivity index (χ0) is 34.4. The minimum Gasteiger partial charge on any atom is -0.400 e. The fraction of sp³-hybridized carbons (Fsp3) is 0.424. The van der Waals surface area contributed by atoms with E-state index in [-0.39, 0.29) is 48.9 Å². The molecule has 3 unspecified atom stereocenters. The average Bonchev–Trinajstić information content (AvgIpc) is 3.76. The second-order valence-corrected chi connectivity index (χ2v) is 12.3. The van der Waals surface area contributed by atoms with Gasteiger partial charge in [-0.15, -0.1) is 0 Å². The van der Waals surface area contributed by atoms with Crippen molar-refractivity contribution in [2.75, 3.05) is 52.2 Å². The summed E-state index contributed by atoms with van der Waals surface area (Å²) in [5.41, 5.74) is 0.0821. The number of rotatable bonds is 4. The van der Waals surface area contributed by atoms with Crippen LogP contribution in [0.2, 0.25) is 0 Å². The van der Waals surface area contributed by atoms with E-state index in [1.165, 1.54) is 37.2 Å². The van der Waals surface area contributed by atoms with Crippen molar-refractivity contribution >= 4 is 46.5 Å². The van der Waals surface area contributed by atoms with Crippen molar-refractivity contribution < 1.29 is 23.1 Å². The number of aliphatic imine (C=N–C) groups is 1. The third-order valence-corrected chi connectivity index (χ3v) is 9.67. The van der Waals surface area contributed by atoms with Gasteiger partial charge in [-0.25, -0.2) is 18.2 Å². The molecule has 3 fully saturated rings. The zero-order valence-electron chi connectivity index (χ0n) is 26.7. The van der Waals surface area contributed by atoms with Crippen LogP contribution in [0.3, 0.4) is 0 Å². The van der Waals surface area contributed by atoms with Crippen LogP contribution in [0.15, 0.2) is 40.9 Å². The highest BCUT2D eigenvalue weighted by Gasteiger charge is 2.35. The van der Waals surface area contributed by atoms with Crippen molar-refractivity contribution in [2.24, 2.45) is 4.99 Å². The van der Waals surface area contributed by atoms with Gasteiger partial charge in [-0.3, -0.25) is 20.1 Å². The Morgan fingerprint density at radius 1 is 1.28 bits per heavy atom. The van der Waals surface area contributed by atoms with E-state index in [1.807, 2.05) is 17.9 Å². The third-order valence-electron chi connectivity index (χ3n) is 8.66. The summed E-state index contributed by atoms with van der Waals surface area (Å²) in [5, 5.41) is 28.0. The molecule has 47 heavy (non-hydrogen) atoms. The molecule has 1 aromatic carbocycles. The number of amides is 1. The van der Waals surface area contributed by atoms with Crippen molar-refractivity contribution in [1.29, 1.82) is 10.7 Å². The van der Waals surface area contributed by atoms with Gasteiger partial charge in [0.1, 0.15) is 34.3 Å². The fourth-order valence-electron chi connectivity index (χ4n) is 6.54. The van der Waals surface area contributed by atoms with Crippen LogP contribution in [0.4, 0.5) is 18.9 Å². The number of hydrogen-bond acceptors (Lipinski definition) is 10. The largest absolute Gasteiger partial charge is 0.400 e. The number of fused-ring (bicyclic) bond motifs is 2. The van der Waals surface area contributed by atoms with Crippen LogP contribution in [-0.4, -0.2) is 108 Å². The molecule has 2 aromatic rings. The molecule has 4 aliphatic heterocycles. The van der Waals surface area contributed by atoms with Crippen LogP contribution in [0, 0.1) is 38.9 Å². The molecule has 1 aromatic heterocycles. The molecule has 0 aliphatic carbocycles. The number of nitrogens with zero attached hydrogens (tertiary/aromatic N) is 6. The number of aliphatic hydroxyl groups excluding tert-OH is 1. The number of halogens is 3. The van der Waals surface area contributed by atoms with Gasteiger partial charge in [0, 0.05) is 69.1 Å². The van der Waals surface area contributed by atoms with Crippen molar-refractivity contribution in [3.63, 3.8) is 0 Å². The van der Waals surface area contributed by atoms with Crippen LogP contribution in [0.1, 0.15) is 26.2 Å². The molecule has 10 nitrogen and oxygen atoms in total. The number of aromatic nitrogens is 1. The first-order chi connectivity index (χ1) is 22.6. The Morgan fingerprint density at radius 2 is 2.02 bits per heavy atom. The fourth-order valence-corrected chi connectivity index (χ4v) is 7.47. The van der Waals surface area contributed by atoms with Gasteiger partial charge in [0.2, 0.25) is 5.91 Å². The molecule has 0 bridgehead atoms. The van der Waals surface area contributed by atoms with Crippen LogP contribution in [0.5, 0.6) is 0 Å². The number of nitrogens with one attached hydrogen (secondary N) is 2. The minimum absolute atomic E-state index is 0.0262. The Morgan fingerprint density at radius 3 is 2.64 bits per heavy atom.